The normalized spacial score (nSPS) is 19.2. The van der Waals surface area contributed by atoms with Gasteiger partial charge in [-0.25, -0.2) is 0 Å². The van der Waals surface area contributed by atoms with E-state index in [2.05, 4.69) is 31.5 Å². The van der Waals surface area contributed by atoms with Crippen molar-refractivity contribution in [1.29, 1.82) is 0 Å². The molecule has 2 heterocycles. The summed E-state index contributed by atoms with van der Waals surface area (Å²) in [4.78, 5) is 6.66. The molecule has 1 aromatic rings. The van der Waals surface area contributed by atoms with E-state index >= 15 is 0 Å². The van der Waals surface area contributed by atoms with Crippen LogP contribution in [0.25, 0.3) is 0 Å². The van der Waals surface area contributed by atoms with E-state index in [9.17, 15) is 0 Å². The summed E-state index contributed by atoms with van der Waals surface area (Å²) in [6.07, 6.45) is 10.4. The summed E-state index contributed by atoms with van der Waals surface area (Å²) >= 11 is 0. The average molecular weight is 289 g/mol. The van der Waals surface area contributed by atoms with Gasteiger partial charge in [0, 0.05) is 19.6 Å². The molecule has 0 saturated carbocycles. The molecule has 3 rings (SSSR count). The van der Waals surface area contributed by atoms with Crippen LogP contribution in [0.4, 0.5) is 11.8 Å². The van der Waals surface area contributed by atoms with Crippen LogP contribution in [0.1, 0.15) is 32.1 Å². The molecule has 1 aromatic heterocycles. The first-order chi connectivity index (χ1) is 10.4. The van der Waals surface area contributed by atoms with Crippen LogP contribution in [0.15, 0.2) is 17.8 Å². The minimum absolute atomic E-state index is 0.695. The van der Waals surface area contributed by atoms with Gasteiger partial charge in [0.15, 0.2) is 5.82 Å². The van der Waals surface area contributed by atoms with Crippen LogP contribution in [-0.4, -0.2) is 48.0 Å². The van der Waals surface area contributed by atoms with Gasteiger partial charge in [-0.15, -0.1) is 5.10 Å². The molecule has 6 heteroatoms. The quantitative estimate of drug-likeness (QED) is 0.837. The monoisotopic (exact) mass is 289 g/mol. The number of rotatable bonds is 5. The minimum atomic E-state index is 0.695. The lowest BCUT2D eigenvalue weighted by Crippen LogP contribution is -2.37. The van der Waals surface area contributed by atoms with Gasteiger partial charge in [-0.2, -0.15) is 10.1 Å². The zero-order chi connectivity index (χ0) is 14.3. The topological polar surface area (TPSA) is 63.2 Å². The molecule has 2 aliphatic rings. The standard InChI is InChI=1S/C15H23N5O/c1-2-4-13(5-3-1)6-7-16-14-12-17-19-15(18-14)20-8-10-21-11-9-20/h4,12H,1-3,5-11H2,(H,16,18,19). The predicted molar refractivity (Wildman–Crippen MR) is 82.5 cm³/mol. The van der Waals surface area contributed by atoms with Gasteiger partial charge >= 0.3 is 0 Å². The molecule has 1 saturated heterocycles. The number of nitrogens with zero attached hydrogens (tertiary/aromatic N) is 4. The van der Waals surface area contributed by atoms with Gasteiger partial charge in [0.05, 0.1) is 19.4 Å². The van der Waals surface area contributed by atoms with Gasteiger partial charge in [-0.3, -0.25) is 0 Å². The van der Waals surface area contributed by atoms with E-state index in [1.54, 1.807) is 11.8 Å². The fourth-order valence-electron chi connectivity index (χ4n) is 2.76. The molecular weight excluding hydrogens is 266 g/mol. The first kappa shape index (κ1) is 14.3. The number of nitrogens with one attached hydrogen (secondary N) is 1. The second-order valence-corrected chi connectivity index (χ2v) is 5.53. The number of morpholine rings is 1. The zero-order valence-electron chi connectivity index (χ0n) is 12.4. The van der Waals surface area contributed by atoms with Crippen molar-refractivity contribution in [3.63, 3.8) is 0 Å². The van der Waals surface area contributed by atoms with Gasteiger partial charge in [0.25, 0.3) is 0 Å². The maximum Gasteiger partial charge on any atom is 0.247 e. The zero-order valence-corrected chi connectivity index (χ0v) is 12.4. The van der Waals surface area contributed by atoms with Crippen LogP contribution in [0, 0.1) is 0 Å². The third-order valence-corrected chi connectivity index (χ3v) is 3.98. The van der Waals surface area contributed by atoms with Crippen LogP contribution in [0.5, 0.6) is 0 Å². The Labute approximate surface area is 125 Å². The molecule has 0 atom stereocenters. The summed E-state index contributed by atoms with van der Waals surface area (Å²) < 4.78 is 5.34. The molecule has 0 unspecified atom stereocenters. The van der Waals surface area contributed by atoms with Crippen molar-refractivity contribution in [2.75, 3.05) is 43.1 Å². The largest absolute Gasteiger partial charge is 0.378 e. The van der Waals surface area contributed by atoms with Crippen molar-refractivity contribution in [2.45, 2.75) is 32.1 Å². The summed E-state index contributed by atoms with van der Waals surface area (Å²) in [6.45, 7) is 4.04. The number of hydrogen-bond acceptors (Lipinski definition) is 6. The number of anilines is 2. The molecular formula is C15H23N5O. The third kappa shape index (κ3) is 4.14. The lowest BCUT2D eigenvalue weighted by Gasteiger charge is -2.26. The molecule has 1 fully saturated rings. The van der Waals surface area contributed by atoms with Crippen LogP contribution in [0.3, 0.4) is 0 Å². The van der Waals surface area contributed by atoms with Gasteiger partial charge < -0.3 is 15.0 Å². The fraction of sp³-hybridized carbons (Fsp3) is 0.667. The van der Waals surface area contributed by atoms with Crippen LogP contribution in [0.2, 0.25) is 0 Å². The van der Waals surface area contributed by atoms with Crippen molar-refractivity contribution in [3.8, 4) is 0 Å². The first-order valence-corrected chi connectivity index (χ1v) is 7.86. The molecule has 0 bridgehead atoms. The second kappa shape index (κ2) is 7.36. The third-order valence-electron chi connectivity index (χ3n) is 3.98. The number of aromatic nitrogens is 3. The summed E-state index contributed by atoms with van der Waals surface area (Å²) in [5.41, 5.74) is 1.57. The lowest BCUT2D eigenvalue weighted by molar-refractivity contribution is 0.122. The molecule has 0 radical (unpaired) electrons. The smallest absolute Gasteiger partial charge is 0.247 e. The first-order valence-electron chi connectivity index (χ1n) is 7.86. The maximum atomic E-state index is 5.34. The summed E-state index contributed by atoms with van der Waals surface area (Å²) in [6, 6.07) is 0. The van der Waals surface area contributed by atoms with Gasteiger partial charge in [-0.05, 0) is 32.1 Å². The molecule has 1 aliphatic carbocycles. The van der Waals surface area contributed by atoms with Crippen LogP contribution < -0.4 is 10.2 Å². The van der Waals surface area contributed by atoms with Crippen molar-refractivity contribution < 1.29 is 4.74 Å². The van der Waals surface area contributed by atoms with E-state index in [0.29, 0.717) is 5.95 Å². The molecule has 0 amide bonds. The number of hydrogen-bond donors (Lipinski definition) is 1. The molecule has 114 valence electrons. The van der Waals surface area contributed by atoms with E-state index in [1.807, 2.05) is 0 Å². The molecule has 6 nitrogen and oxygen atoms in total. The van der Waals surface area contributed by atoms with Gasteiger partial charge in [-0.1, -0.05) is 11.6 Å². The predicted octanol–water partition coefficient (Wildman–Crippen LogP) is 2.01. The summed E-state index contributed by atoms with van der Waals surface area (Å²) in [7, 11) is 0. The summed E-state index contributed by atoms with van der Waals surface area (Å²) in [5, 5.41) is 11.5. The number of ether oxygens (including phenoxy) is 1. The van der Waals surface area contributed by atoms with E-state index in [4.69, 9.17) is 4.74 Å². The lowest BCUT2D eigenvalue weighted by atomic mass is 9.97. The molecule has 1 aliphatic heterocycles. The van der Waals surface area contributed by atoms with E-state index in [0.717, 1.165) is 45.1 Å². The summed E-state index contributed by atoms with van der Waals surface area (Å²) in [5.74, 6) is 1.50. The Morgan fingerprint density at radius 2 is 2.14 bits per heavy atom. The van der Waals surface area contributed by atoms with Crippen LogP contribution in [-0.2, 0) is 4.74 Å². The highest BCUT2D eigenvalue weighted by Gasteiger charge is 2.14. The van der Waals surface area contributed by atoms with Gasteiger partial charge in [0.1, 0.15) is 0 Å². The fourth-order valence-corrected chi connectivity index (χ4v) is 2.76. The Kier molecular flexibility index (Phi) is 4.99. The SMILES string of the molecule is C1=C(CCNc2cnnc(N3CCOCC3)n2)CCCC1. The molecule has 21 heavy (non-hydrogen) atoms. The van der Waals surface area contributed by atoms with E-state index in [-0.39, 0.29) is 0 Å². The highest BCUT2D eigenvalue weighted by atomic mass is 16.5. The van der Waals surface area contributed by atoms with Crippen molar-refractivity contribution in [1.82, 2.24) is 15.2 Å². The van der Waals surface area contributed by atoms with Crippen molar-refractivity contribution in [2.24, 2.45) is 0 Å². The number of allylic oxidation sites excluding steroid dienone is 1. The average Bonchev–Trinajstić information content (AvgIpc) is 2.57. The van der Waals surface area contributed by atoms with E-state index < -0.39 is 0 Å². The van der Waals surface area contributed by atoms with Gasteiger partial charge in [0.2, 0.25) is 5.95 Å². The Bertz CT molecular complexity index is 485. The van der Waals surface area contributed by atoms with Crippen molar-refractivity contribution >= 4 is 11.8 Å². The van der Waals surface area contributed by atoms with E-state index in [1.165, 1.54) is 25.7 Å². The van der Waals surface area contributed by atoms with Crippen LogP contribution >= 0.6 is 0 Å². The minimum Gasteiger partial charge on any atom is -0.378 e. The highest BCUT2D eigenvalue weighted by Crippen LogP contribution is 2.20. The molecule has 1 N–H and O–H groups in total. The molecule has 0 spiro atoms. The Morgan fingerprint density at radius 1 is 1.24 bits per heavy atom. The molecule has 0 aromatic carbocycles. The Morgan fingerprint density at radius 3 is 2.95 bits per heavy atom. The maximum absolute atomic E-state index is 5.34. The Balaban J connectivity index is 1.52. The Hall–Kier alpha value is -1.69. The highest BCUT2D eigenvalue weighted by molar-refractivity contribution is 5.39. The van der Waals surface area contributed by atoms with Crippen molar-refractivity contribution in [3.05, 3.63) is 17.8 Å². The second-order valence-electron chi connectivity index (χ2n) is 5.53.